The zero-order chi connectivity index (χ0) is 17.6. The van der Waals surface area contributed by atoms with E-state index in [4.69, 9.17) is 11.6 Å². The first-order chi connectivity index (χ1) is 12.1. The first kappa shape index (κ1) is 29.9. The molecule has 0 radical (unpaired) electrons. The van der Waals surface area contributed by atoms with E-state index in [2.05, 4.69) is 15.0 Å². The van der Waals surface area contributed by atoms with Gasteiger partial charge in [-0.1, -0.05) is 48.0 Å². The molecule has 3 aromatic rings. The first-order valence-electron chi connectivity index (χ1n) is 8.01. The van der Waals surface area contributed by atoms with Crippen LogP contribution in [0.4, 0.5) is 11.4 Å². The summed E-state index contributed by atoms with van der Waals surface area (Å²) >= 11 is 6.29. The molecule has 0 aliphatic heterocycles. The molecule has 0 N–H and O–H groups in total. The van der Waals surface area contributed by atoms with Crippen molar-refractivity contribution in [3.05, 3.63) is 89.2 Å². The number of benzene rings is 2. The van der Waals surface area contributed by atoms with Crippen molar-refractivity contribution in [3.8, 4) is 0 Å². The van der Waals surface area contributed by atoms with Gasteiger partial charge in [-0.25, -0.2) is 4.98 Å². The van der Waals surface area contributed by atoms with E-state index in [-0.39, 0.29) is 55.8 Å². The van der Waals surface area contributed by atoms with E-state index in [9.17, 15) is 0 Å². The molecule has 29 heavy (non-hydrogen) atoms. The van der Waals surface area contributed by atoms with Gasteiger partial charge in [-0.05, 0) is 50.2 Å². The second-order valence-corrected chi connectivity index (χ2v) is 6.06. The van der Waals surface area contributed by atoms with E-state index in [1.54, 1.807) is 0 Å². The second kappa shape index (κ2) is 14.6. The van der Waals surface area contributed by atoms with Gasteiger partial charge in [0.2, 0.25) is 0 Å². The Hall–Kier alpha value is -1.33. The molecule has 0 unspecified atom stereocenters. The first-order valence-corrected chi connectivity index (χ1v) is 8.38. The van der Waals surface area contributed by atoms with Gasteiger partial charge in [0.15, 0.2) is 0 Å². The minimum Gasteiger partial charge on any atom is -1.00 e. The zero-order valence-corrected chi connectivity index (χ0v) is 20.1. The number of pyridine rings is 1. The average molecular weight is 505 g/mol. The van der Waals surface area contributed by atoms with Crippen molar-refractivity contribution in [2.24, 2.45) is 9.98 Å². The van der Waals surface area contributed by atoms with Gasteiger partial charge in [0.1, 0.15) is 0 Å². The van der Waals surface area contributed by atoms with Crippen LogP contribution in [-0.2, 0) is 18.6 Å². The molecule has 3 rings (SSSR count). The topological polar surface area (TPSA) is 37.6 Å². The third-order valence-corrected chi connectivity index (χ3v) is 3.86. The Balaban J connectivity index is 0. The average Bonchev–Trinajstić information content (AvgIpc) is 2.63. The van der Waals surface area contributed by atoms with Crippen LogP contribution in [0, 0.1) is 0 Å². The Kier molecular flexibility index (Phi) is 15.1. The number of para-hydroxylation sites is 2. The molecule has 3 nitrogen and oxygen atoms in total. The fraction of sp³-hybridized carbons (Fsp3) is 0.0952. The molecule has 0 saturated carbocycles. The van der Waals surface area contributed by atoms with E-state index < -0.39 is 0 Å². The summed E-state index contributed by atoms with van der Waals surface area (Å²) in [6.45, 7) is 3.86. The molecular formula is C21H18Cl4N3V. The maximum Gasteiger partial charge on any atom is 3.00 e. The fourth-order valence-corrected chi connectivity index (χ4v) is 2.58. The Morgan fingerprint density at radius 3 is 1.38 bits per heavy atom. The predicted octanol–water partition coefficient (Wildman–Crippen LogP) is -2.97. The Morgan fingerprint density at radius 1 is 0.690 bits per heavy atom. The van der Waals surface area contributed by atoms with Crippen LogP contribution in [0.15, 0.2) is 82.8 Å². The second-order valence-electron chi connectivity index (χ2n) is 5.62. The molecule has 8 heteroatoms. The van der Waals surface area contributed by atoms with E-state index in [0.717, 1.165) is 34.2 Å². The van der Waals surface area contributed by atoms with Gasteiger partial charge >= 0.3 is 18.6 Å². The summed E-state index contributed by atoms with van der Waals surface area (Å²) in [5.74, 6) is 0. The molecular weight excluding hydrogens is 487 g/mol. The van der Waals surface area contributed by atoms with Crippen molar-refractivity contribution in [1.29, 1.82) is 0 Å². The van der Waals surface area contributed by atoms with E-state index in [1.165, 1.54) is 0 Å². The zero-order valence-electron chi connectivity index (χ0n) is 15.7. The number of halogens is 4. The number of hydrogen-bond acceptors (Lipinski definition) is 3. The summed E-state index contributed by atoms with van der Waals surface area (Å²) in [6.07, 6.45) is 0. The maximum atomic E-state index is 6.29. The van der Waals surface area contributed by atoms with Gasteiger partial charge in [-0.15, -0.1) is 0 Å². The molecule has 0 aliphatic rings. The van der Waals surface area contributed by atoms with Gasteiger partial charge in [0.25, 0.3) is 0 Å². The van der Waals surface area contributed by atoms with Crippen molar-refractivity contribution in [2.75, 3.05) is 0 Å². The molecule has 0 saturated heterocycles. The quantitative estimate of drug-likeness (QED) is 0.350. The van der Waals surface area contributed by atoms with Gasteiger partial charge < -0.3 is 37.2 Å². The van der Waals surface area contributed by atoms with E-state index in [0.29, 0.717) is 5.02 Å². The molecule has 0 fully saturated rings. The summed E-state index contributed by atoms with van der Waals surface area (Å²) < 4.78 is 0. The molecule has 0 amide bonds. The standard InChI is InChI=1S/C21H18ClN3.3ClH.V/c1-15(23-18-9-5-3-6-10-18)20-13-17(22)14-21(25-20)16(2)24-19-11-7-4-8-12-19;;;;/h3-14H,1-2H3;3*1H;/q;;;;+3/p-3. The third-order valence-electron chi connectivity index (χ3n) is 3.64. The summed E-state index contributed by atoms with van der Waals surface area (Å²) in [5, 5.41) is 0.616. The van der Waals surface area contributed by atoms with Crippen LogP contribution >= 0.6 is 11.6 Å². The monoisotopic (exact) mass is 503 g/mol. The molecule has 0 aliphatic carbocycles. The maximum absolute atomic E-state index is 6.29. The minimum absolute atomic E-state index is 0. The predicted molar refractivity (Wildman–Crippen MR) is 106 cm³/mol. The SMILES string of the molecule is CC(=Nc1ccccc1)c1cc(Cl)cc(C(C)=Nc2ccccc2)n1.[Cl-].[Cl-].[Cl-].[V+3]. The normalized spacial score (nSPS) is 10.6. The van der Waals surface area contributed by atoms with Gasteiger partial charge in [-0.2, -0.15) is 0 Å². The number of aromatic nitrogens is 1. The van der Waals surface area contributed by atoms with Crippen LogP contribution in [0.1, 0.15) is 25.2 Å². The van der Waals surface area contributed by atoms with Crippen LogP contribution in [0.3, 0.4) is 0 Å². The summed E-state index contributed by atoms with van der Waals surface area (Å²) in [5.41, 5.74) is 4.88. The number of nitrogens with zero attached hydrogens (tertiary/aromatic N) is 3. The summed E-state index contributed by atoms with van der Waals surface area (Å²) in [7, 11) is 0. The van der Waals surface area contributed by atoms with Crippen molar-refractivity contribution in [2.45, 2.75) is 13.8 Å². The van der Waals surface area contributed by atoms with Crippen LogP contribution in [0.25, 0.3) is 0 Å². The van der Waals surface area contributed by atoms with Crippen molar-refractivity contribution >= 4 is 34.4 Å². The van der Waals surface area contributed by atoms with Gasteiger partial charge in [-0.3, -0.25) is 9.98 Å². The van der Waals surface area contributed by atoms with Crippen molar-refractivity contribution < 1.29 is 55.8 Å². The van der Waals surface area contributed by atoms with Crippen LogP contribution in [0.5, 0.6) is 0 Å². The summed E-state index contributed by atoms with van der Waals surface area (Å²) in [6, 6.07) is 23.2. The molecule has 0 atom stereocenters. The Labute approximate surface area is 207 Å². The third kappa shape index (κ3) is 8.92. The van der Waals surface area contributed by atoms with E-state index in [1.807, 2.05) is 86.6 Å². The van der Waals surface area contributed by atoms with Crippen molar-refractivity contribution in [3.63, 3.8) is 0 Å². The largest absolute Gasteiger partial charge is 3.00 e. The smallest absolute Gasteiger partial charge is 1.00 e. The molecule has 0 bridgehead atoms. The van der Waals surface area contributed by atoms with E-state index >= 15 is 0 Å². The molecule has 150 valence electrons. The number of aliphatic imine (C=N–C) groups is 2. The van der Waals surface area contributed by atoms with Gasteiger partial charge in [0.05, 0.1) is 34.2 Å². The fourth-order valence-electron chi connectivity index (χ4n) is 2.37. The van der Waals surface area contributed by atoms with Gasteiger partial charge in [0, 0.05) is 5.02 Å². The minimum atomic E-state index is 0. The Morgan fingerprint density at radius 2 is 1.03 bits per heavy atom. The Bertz CT molecular complexity index is 859. The van der Waals surface area contributed by atoms with Crippen molar-refractivity contribution in [1.82, 2.24) is 4.98 Å². The number of rotatable bonds is 4. The molecule has 0 spiro atoms. The number of hydrogen-bond donors (Lipinski definition) is 0. The van der Waals surface area contributed by atoms with Crippen LogP contribution < -0.4 is 37.2 Å². The van der Waals surface area contributed by atoms with Crippen LogP contribution in [0.2, 0.25) is 5.02 Å². The molecule has 1 heterocycles. The summed E-state index contributed by atoms with van der Waals surface area (Å²) in [4.78, 5) is 13.9. The van der Waals surface area contributed by atoms with Crippen LogP contribution in [-0.4, -0.2) is 16.4 Å². The molecule has 1 aromatic heterocycles. The molecule has 2 aromatic carbocycles.